The number of rotatable bonds is 5. The van der Waals surface area contributed by atoms with E-state index in [-0.39, 0.29) is 0 Å². The summed E-state index contributed by atoms with van der Waals surface area (Å²) >= 11 is 0. The normalized spacial score (nSPS) is 25.6. The van der Waals surface area contributed by atoms with Crippen molar-refractivity contribution in [1.29, 1.82) is 0 Å². The Bertz CT molecular complexity index is 431. The standard InChI is InChI=1S/C17H28N2O/c1-13-8-16(10-17(2,3)9-13)20-12-15-7-5-6-14(19-15)11-18-4/h5-7,13,16,18H,8-12H2,1-4H3. The highest BCUT2D eigenvalue weighted by Crippen LogP contribution is 2.39. The molecule has 3 heteroatoms. The second-order valence-electron chi connectivity index (χ2n) is 7.00. The van der Waals surface area contributed by atoms with Gasteiger partial charge in [-0.05, 0) is 49.8 Å². The van der Waals surface area contributed by atoms with Crippen molar-refractivity contribution in [2.45, 2.75) is 59.3 Å². The van der Waals surface area contributed by atoms with Crippen LogP contribution in [-0.4, -0.2) is 18.1 Å². The Labute approximate surface area is 123 Å². The van der Waals surface area contributed by atoms with Gasteiger partial charge in [0, 0.05) is 6.54 Å². The Hall–Kier alpha value is -0.930. The van der Waals surface area contributed by atoms with Crippen LogP contribution in [0.25, 0.3) is 0 Å². The van der Waals surface area contributed by atoms with Crippen LogP contribution in [0.1, 0.15) is 51.4 Å². The molecule has 0 aliphatic heterocycles. The number of aromatic nitrogens is 1. The Morgan fingerprint density at radius 2 is 2.05 bits per heavy atom. The molecule has 1 heterocycles. The SMILES string of the molecule is CNCc1cccc(COC2CC(C)CC(C)(C)C2)n1. The summed E-state index contributed by atoms with van der Waals surface area (Å²) in [5, 5.41) is 3.13. The average Bonchev–Trinajstić information content (AvgIpc) is 2.35. The van der Waals surface area contributed by atoms with Crippen LogP contribution in [0.4, 0.5) is 0 Å². The van der Waals surface area contributed by atoms with Crippen LogP contribution in [0.5, 0.6) is 0 Å². The maximum absolute atomic E-state index is 6.13. The van der Waals surface area contributed by atoms with Gasteiger partial charge in [-0.15, -0.1) is 0 Å². The molecule has 3 nitrogen and oxygen atoms in total. The van der Waals surface area contributed by atoms with E-state index in [4.69, 9.17) is 4.74 Å². The van der Waals surface area contributed by atoms with Crippen LogP contribution in [0, 0.1) is 11.3 Å². The summed E-state index contributed by atoms with van der Waals surface area (Å²) in [6.07, 6.45) is 4.03. The van der Waals surface area contributed by atoms with Gasteiger partial charge in [-0.1, -0.05) is 26.8 Å². The molecule has 1 fully saturated rings. The molecule has 2 unspecified atom stereocenters. The second kappa shape index (κ2) is 6.68. The lowest BCUT2D eigenvalue weighted by Crippen LogP contribution is -2.32. The zero-order chi connectivity index (χ0) is 14.6. The molecular formula is C17H28N2O. The quantitative estimate of drug-likeness (QED) is 0.893. The fourth-order valence-corrected chi connectivity index (χ4v) is 3.48. The maximum Gasteiger partial charge on any atom is 0.0891 e. The number of nitrogens with zero attached hydrogens (tertiary/aromatic N) is 1. The Kier molecular flexibility index (Phi) is 5.17. The lowest BCUT2D eigenvalue weighted by Gasteiger charge is -2.38. The molecule has 112 valence electrons. The van der Waals surface area contributed by atoms with Crippen LogP contribution >= 0.6 is 0 Å². The van der Waals surface area contributed by atoms with Crippen LogP contribution in [0.2, 0.25) is 0 Å². The zero-order valence-corrected chi connectivity index (χ0v) is 13.3. The second-order valence-corrected chi connectivity index (χ2v) is 7.00. The van der Waals surface area contributed by atoms with Gasteiger partial charge in [-0.2, -0.15) is 0 Å². The molecule has 1 saturated carbocycles. The largest absolute Gasteiger partial charge is 0.372 e. The smallest absolute Gasteiger partial charge is 0.0891 e. The highest BCUT2D eigenvalue weighted by molar-refractivity contribution is 5.10. The van der Waals surface area contributed by atoms with Crippen molar-refractivity contribution in [2.24, 2.45) is 11.3 Å². The third kappa shape index (κ3) is 4.57. The van der Waals surface area contributed by atoms with Crippen LogP contribution < -0.4 is 5.32 Å². The third-order valence-electron chi connectivity index (χ3n) is 4.04. The molecule has 1 aromatic heterocycles. The molecule has 0 saturated heterocycles. The summed E-state index contributed by atoms with van der Waals surface area (Å²) < 4.78 is 6.13. The highest BCUT2D eigenvalue weighted by Gasteiger charge is 2.32. The third-order valence-corrected chi connectivity index (χ3v) is 4.04. The van der Waals surface area contributed by atoms with E-state index in [1.54, 1.807) is 0 Å². The fraction of sp³-hybridized carbons (Fsp3) is 0.706. The first-order valence-corrected chi connectivity index (χ1v) is 7.69. The summed E-state index contributed by atoms with van der Waals surface area (Å²) in [5.41, 5.74) is 2.52. The van der Waals surface area contributed by atoms with Crippen molar-refractivity contribution in [3.63, 3.8) is 0 Å². The number of hydrogen-bond donors (Lipinski definition) is 1. The predicted octanol–water partition coefficient (Wildman–Crippen LogP) is 3.53. The molecule has 2 rings (SSSR count). The first-order chi connectivity index (χ1) is 9.48. The van der Waals surface area contributed by atoms with Crippen LogP contribution in [-0.2, 0) is 17.9 Å². The van der Waals surface area contributed by atoms with Gasteiger partial charge in [-0.25, -0.2) is 0 Å². The van der Waals surface area contributed by atoms with E-state index >= 15 is 0 Å². The Morgan fingerprint density at radius 3 is 2.75 bits per heavy atom. The number of pyridine rings is 1. The highest BCUT2D eigenvalue weighted by atomic mass is 16.5. The Balaban J connectivity index is 1.90. The van der Waals surface area contributed by atoms with Gasteiger partial charge in [-0.3, -0.25) is 4.98 Å². The van der Waals surface area contributed by atoms with Gasteiger partial charge in [0.1, 0.15) is 0 Å². The van der Waals surface area contributed by atoms with E-state index in [1.165, 1.54) is 12.8 Å². The minimum Gasteiger partial charge on any atom is -0.372 e. The maximum atomic E-state index is 6.13. The summed E-state index contributed by atoms with van der Waals surface area (Å²) in [6, 6.07) is 6.16. The predicted molar refractivity (Wildman–Crippen MR) is 82.4 cm³/mol. The molecule has 1 aliphatic rings. The molecule has 0 aromatic carbocycles. The monoisotopic (exact) mass is 276 g/mol. The zero-order valence-electron chi connectivity index (χ0n) is 13.3. The van der Waals surface area contributed by atoms with E-state index in [0.29, 0.717) is 18.1 Å². The topological polar surface area (TPSA) is 34.1 Å². The van der Waals surface area contributed by atoms with Crippen molar-refractivity contribution in [3.8, 4) is 0 Å². The molecule has 2 atom stereocenters. The number of nitrogens with one attached hydrogen (secondary N) is 1. The van der Waals surface area contributed by atoms with Crippen molar-refractivity contribution >= 4 is 0 Å². The number of hydrogen-bond acceptors (Lipinski definition) is 3. The van der Waals surface area contributed by atoms with E-state index in [0.717, 1.165) is 30.3 Å². The Morgan fingerprint density at radius 1 is 1.30 bits per heavy atom. The first-order valence-electron chi connectivity index (χ1n) is 7.69. The summed E-state index contributed by atoms with van der Waals surface area (Å²) in [4.78, 5) is 4.61. The molecule has 0 spiro atoms. The fourth-order valence-electron chi connectivity index (χ4n) is 3.48. The van der Waals surface area contributed by atoms with E-state index in [9.17, 15) is 0 Å². The van der Waals surface area contributed by atoms with E-state index < -0.39 is 0 Å². The lowest BCUT2D eigenvalue weighted by molar-refractivity contribution is -0.0327. The molecule has 1 aliphatic carbocycles. The number of ether oxygens (including phenoxy) is 1. The van der Waals surface area contributed by atoms with Gasteiger partial charge in [0.25, 0.3) is 0 Å². The van der Waals surface area contributed by atoms with Gasteiger partial charge >= 0.3 is 0 Å². The van der Waals surface area contributed by atoms with Crippen LogP contribution in [0.15, 0.2) is 18.2 Å². The summed E-state index contributed by atoms with van der Waals surface area (Å²) in [7, 11) is 1.94. The van der Waals surface area contributed by atoms with E-state index in [1.807, 2.05) is 13.1 Å². The first kappa shape index (κ1) is 15.5. The van der Waals surface area contributed by atoms with Gasteiger partial charge < -0.3 is 10.1 Å². The van der Waals surface area contributed by atoms with Gasteiger partial charge in [0.15, 0.2) is 0 Å². The minimum absolute atomic E-state index is 0.378. The average molecular weight is 276 g/mol. The van der Waals surface area contributed by atoms with Crippen molar-refractivity contribution < 1.29 is 4.74 Å². The molecule has 1 N–H and O–H groups in total. The minimum atomic E-state index is 0.378. The molecule has 0 radical (unpaired) electrons. The summed E-state index contributed by atoms with van der Waals surface area (Å²) in [5.74, 6) is 0.757. The summed E-state index contributed by atoms with van der Waals surface area (Å²) in [6.45, 7) is 8.48. The molecule has 20 heavy (non-hydrogen) atoms. The van der Waals surface area contributed by atoms with Crippen molar-refractivity contribution in [1.82, 2.24) is 10.3 Å². The van der Waals surface area contributed by atoms with Crippen LogP contribution in [0.3, 0.4) is 0 Å². The van der Waals surface area contributed by atoms with Crippen molar-refractivity contribution in [2.75, 3.05) is 7.05 Å². The molecule has 1 aromatic rings. The molecule has 0 amide bonds. The lowest BCUT2D eigenvalue weighted by atomic mass is 9.71. The molecule has 0 bridgehead atoms. The van der Waals surface area contributed by atoms with Gasteiger partial charge in [0.2, 0.25) is 0 Å². The molecular weight excluding hydrogens is 248 g/mol. The van der Waals surface area contributed by atoms with Gasteiger partial charge in [0.05, 0.1) is 24.1 Å². The van der Waals surface area contributed by atoms with E-state index in [2.05, 4.69) is 43.2 Å². The van der Waals surface area contributed by atoms with Crippen molar-refractivity contribution in [3.05, 3.63) is 29.6 Å².